The maximum atomic E-state index is 12.1. The highest BCUT2D eigenvalue weighted by Gasteiger charge is 2.37. The molecule has 1 aromatic heterocycles. The normalized spacial score (nSPS) is 19.3. The first-order chi connectivity index (χ1) is 9.08. The highest BCUT2D eigenvalue weighted by atomic mass is 16.2. The molecule has 6 heteroatoms. The Balaban J connectivity index is 1.83. The maximum Gasteiger partial charge on any atom is 0.324 e. The van der Waals surface area contributed by atoms with E-state index in [1.54, 1.807) is 12.5 Å². The predicted octanol–water partition coefficient (Wildman–Crippen LogP) is 1.24. The second-order valence-corrected chi connectivity index (χ2v) is 5.28. The molecule has 0 bridgehead atoms. The van der Waals surface area contributed by atoms with Gasteiger partial charge in [0.15, 0.2) is 0 Å². The molecule has 1 saturated heterocycles. The van der Waals surface area contributed by atoms with Crippen LogP contribution in [-0.2, 0) is 11.3 Å². The fourth-order valence-electron chi connectivity index (χ4n) is 2.25. The van der Waals surface area contributed by atoms with Gasteiger partial charge >= 0.3 is 6.03 Å². The Hall–Kier alpha value is -1.85. The van der Waals surface area contributed by atoms with Gasteiger partial charge in [0.1, 0.15) is 6.04 Å². The fourth-order valence-corrected chi connectivity index (χ4v) is 2.25. The molecular formula is C13H20N4O2. The average molecular weight is 264 g/mol. The summed E-state index contributed by atoms with van der Waals surface area (Å²) in [6.07, 6.45) is 6.75. The number of rotatable bonds is 6. The van der Waals surface area contributed by atoms with Gasteiger partial charge in [-0.1, -0.05) is 13.8 Å². The SMILES string of the molecule is CC(C)C[C@H]1NC(=O)N(CCCn2ccnc2)C1=O. The third-order valence-electron chi connectivity index (χ3n) is 3.17. The number of hydrogen-bond acceptors (Lipinski definition) is 3. The van der Waals surface area contributed by atoms with Crippen LogP contribution in [0.1, 0.15) is 26.7 Å². The quantitative estimate of drug-likeness (QED) is 0.786. The number of carbonyl (C=O) groups excluding carboxylic acids is 2. The molecule has 3 amide bonds. The Morgan fingerprint density at radius 2 is 2.16 bits per heavy atom. The Morgan fingerprint density at radius 3 is 2.79 bits per heavy atom. The zero-order chi connectivity index (χ0) is 13.8. The van der Waals surface area contributed by atoms with Crippen molar-refractivity contribution in [1.29, 1.82) is 0 Å². The van der Waals surface area contributed by atoms with Crippen molar-refractivity contribution in [2.45, 2.75) is 39.3 Å². The molecule has 0 aromatic carbocycles. The number of amides is 3. The van der Waals surface area contributed by atoms with E-state index >= 15 is 0 Å². The number of imidazole rings is 1. The number of nitrogens with zero attached hydrogens (tertiary/aromatic N) is 3. The second-order valence-electron chi connectivity index (χ2n) is 5.28. The van der Waals surface area contributed by atoms with Crippen LogP contribution in [0.25, 0.3) is 0 Å². The van der Waals surface area contributed by atoms with Gasteiger partial charge < -0.3 is 9.88 Å². The molecule has 6 nitrogen and oxygen atoms in total. The van der Waals surface area contributed by atoms with Crippen LogP contribution in [0.2, 0.25) is 0 Å². The molecule has 0 aliphatic carbocycles. The summed E-state index contributed by atoms with van der Waals surface area (Å²) in [6, 6.07) is -0.609. The summed E-state index contributed by atoms with van der Waals surface area (Å²) in [4.78, 5) is 29.1. The van der Waals surface area contributed by atoms with Crippen molar-refractivity contribution in [1.82, 2.24) is 19.8 Å². The molecule has 1 aromatic rings. The number of urea groups is 1. The summed E-state index contributed by atoms with van der Waals surface area (Å²) < 4.78 is 1.93. The van der Waals surface area contributed by atoms with Gasteiger partial charge in [0.05, 0.1) is 6.33 Å². The number of aryl methyl sites for hydroxylation is 1. The van der Waals surface area contributed by atoms with E-state index in [0.29, 0.717) is 18.9 Å². The number of nitrogens with one attached hydrogen (secondary N) is 1. The van der Waals surface area contributed by atoms with E-state index in [0.717, 1.165) is 13.0 Å². The van der Waals surface area contributed by atoms with Gasteiger partial charge in [0, 0.05) is 25.5 Å². The van der Waals surface area contributed by atoms with Crippen molar-refractivity contribution in [2.24, 2.45) is 5.92 Å². The average Bonchev–Trinajstić information content (AvgIpc) is 2.92. The van der Waals surface area contributed by atoms with Gasteiger partial charge in [-0.2, -0.15) is 0 Å². The summed E-state index contributed by atoms with van der Waals surface area (Å²) in [7, 11) is 0. The standard InChI is InChI=1S/C13H20N4O2/c1-10(2)8-11-12(18)17(13(19)15-11)6-3-5-16-7-4-14-9-16/h4,7,9-11H,3,5-6,8H2,1-2H3,(H,15,19)/t11-/m1/s1. The highest BCUT2D eigenvalue weighted by Crippen LogP contribution is 2.14. The summed E-state index contributed by atoms with van der Waals surface area (Å²) in [5.74, 6) is 0.296. The highest BCUT2D eigenvalue weighted by molar-refractivity contribution is 6.04. The molecule has 1 aliphatic heterocycles. The first-order valence-electron chi connectivity index (χ1n) is 6.65. The Morgan fingerprint density at radius 1 is 1.37 bits per heavy atom. The van der Waals surface area contributed by atoms with Crippen LogP contribution in [0.4, 0.5) is 4.79 Å². The number of carbonyl (C=O) groups is 2. The maximum absolute atomic E-state index is 12.1. The zero-order valence-electron chi connectivity index (χ0n) is 11.4. The van der Waals surface area contributed by atoms with E-state index in [-0.39, 0.29) is 18.0 Å². The lowest BCUT2D eigenvalue weighted by molar-refractivity contribution is -0.127. The number of aromatic nitrogens is 2. The van der Waals surface area contributed by atoms with E-state index in [9.17, 15) is 9.59 Å². The molecule has 0 saturated carbocycles. The van der Waals surface area contributed by atoms with Crippen molar-refractivity contribution in [3.05, 3.63) is 18.7 Å². The van der Waals surface area contributed by atoms with Gasteiger partial charge in [0.2, 0.25) is 0 Å². The first kappa shape index (κ1) is 13.6. The van der Waals surface area contributed by atoms with Gasteiger partial charge in [-0.3, -0.25) is 9.69 Å². The molecule has 1 fully saturated rings. The molecular weight excluding hydrogens is 244 g/mol. The van der Waals surface area contributed by atoms with E-state index in [4.69, 9.17) is 0 Å². The summed E-state index contributed by atoms with van der Waals surface area (Å²) >= 11 is 0. The van der Waals surface area contributed by atoms with Crippen LogP contribution in [0, 0.1) is 5.92 Å². The lowest BCUT2D eigenvalue weighted by atomic mass is 10.0. The molecule has 19 heavy (non-hydrogen) atoms. The molecule has 2 heterocycles. The van der Waals surface area contributed by atoms with E-state index in [1.807, 2.05) is 24.6 Å². The number of hydrogen-bond donors (Lipinski definition) is 1. The fraction of sp³-hybridized carbons (Fsp3) is 0.615. The minimum absolute atomic E-state index is 0.0932. The van der Waals surface area contributed by atoms with Crippen molar-refractivity contribution in [2.75, 3.05) is 6.54 Å². The Kier molecular flexibility index (Phi) is 4.19. The topological polar surface area (TPSA) is 67.2 Å². The summed E-state index contributed by atoms with van der Waals surface area (Å²) in [5.41, 5.74) is 0. The molecule has 2 rings (SSSR count). The minimum atomic E-state index is -0.347. The number of imide groups is 1. The smallest absolute Gasteiger partial charge is 0.324 e. The largest absolute Gasteiger partial charge is 0.337 e. The first-order valence-corrected chi connectivity index (χ1v) is 6.65. The monoisotopic (exact) mass is 264 g/mol. The van der Waals surface area contributed by atoms with E-state index in [1.165, 1.54) is 4.90 Å². The van der Waals surface area contributed by atoms with Crippen molar-refractivity contribution < 1.29 is 9.59 Å². The van der Waals surface area contributed by atoms with Gasteiger partial charge in [-0.15, -0.1) is 0 Å². The minimum Gasteiger partial charge on any atom is -0.337 e. The molecule has 104 valence electrons. The van der Waals surface area contributed by atoms with Gasteiger partial charge in [0.25, 0.3) is 5.91 Å². The van der Waals surface area contributed by atoms with Crippen LogP contribution in [-0.4, -0.2) is 39.0 Å². The van der Waals surface area contributed by atoms with Crippen molar-refractivity contribution in [3.8, 4) is 0 Å². The van der Waals surface area contributed by atoms with Crippen molar-refractivity contribution >= 4 is 11.9 Å². The lowest BCUT2D eigenvalue weighted by Gasteiger charge is -2.13. The molecule has 1 atom stereocenters. The molecule has 0 unspecified atom stereocenters. The molecule has 0 spiro atoms. The van der Waals surface area contributed by atoms with Crippen molar-refractivity contribution in [3.63, 3.8) is 0 Å². The molecule has 1 aliphatic rings. The Bertz CT molecular complexity index is 442. The summed E-state index contributed by atoms with van der Waals surface area (Å²) in [6.45, 7) is 5.30. The van der Waals surface area contributed by atoms with Crippen LogP contribution >= 0.6 is 0 Å². The summed E-state index contributed by atoms with van der Waals surface area (Å²) in [5, 5.41) is 2.75. The van der Waals surface area contributed by atoms with Gasteiger partial charge in [-0.25, -0.2) is 9.78 Å². The molecule has 0 radical (unpaired) electrons. The van der Waals surface area contributed by atoms with E-state index < -0.39 is 0 Å². The predicted molar refractivity (Wildman–Crippen MR) is 70.3 cm³/mol. The third kappa shape index (κ3) is 3.33. The lowest BCUT2D eigenvalue weighted by Crippen LogP contribution is -2.33. The van der Waals surface area contributed by atoms with Crippen LogP contribution < -0.4 is 5.32 Å². The third-order valence-corrected chi connectivity index (χ3v) is 3.17. The van der Waals surface area contributed by atoms with Crippen LogP contribution in [0.3, 0.4) is 0 Å². The van der Waals surface area contributed by atoms with Crippen LogP contribution in [0.5, 0.6) is 0 Å². The Labute approximate surface area is 112 Å². The zero-order valence-corrected chi connectivity index (χ0v) is 11.4. The van der Waals surface area contributed by atoms with Crippen LogP contribution in [0.15, 0.2) is 18.7 Å². The molecule has 1 N–H and O–H groups in total. The van der Waals surface area contributed by atoms with Gasteiger partial charge in [-0.05, 0) is 18.8 Å². The second kappa shape index (κ2) is 5.86. The van der Waals surface area contributed by atoms with E-state index in [2.05, 4.69) is 10.3 Å².